The second kappa shape index (κ2) is 5.86. The van der Waals surface area contributed by atoms with Crippen LogP contribution in [0.3, 0.4) is 0 Å². The van der Waals surface area contributed by atoms with Crippen molar-refractivity contribution in [3.05, 3.63) is 0 Å². The molecule has 15 heavy (non-hydrogen) atoms. The summed E-state index contributed by atoms with van der Waals surface area (Å²) in [4.78, 5) is 0. The highest BCUT2D eigenvalue weighted by Gasteiger charge is 2.32. The van der Waals surface area contributed by atoms with Crippen molar-refractivity contribution < 1.29 is 4.74 Å². The molecule has 2 N–H and O–H groups in total. The van der Waals surface area contributed by atoms with E-state index in [4.69, 9.17) is 10.5 Å². The summed E-state index contributed by atoms with van der Waals surface area (Å²) in [6.45, 7) is 8.49. The largest absolute Gasteiger partial charge is 0.381 e. The lowest BCUT2D eigenvalue weighted by Crippen LogP contribution is -2.38. The molecule has 0 spiro atoms. The van der Waals surface area contributed by atoms with Crippen LogP contribution in [0.25, 0.3) is 0 Å². The Morgan fingerprint density at radius 3 is 2.67 bits per heavy atom. The number of ether oxygens (including phenoxy) is 1. The molecule has 90 valence electrons. The molecule has 1 aliphatic rings. The predicted molar refractivity (Wildman–Crippen MR) is 64.8 cm³/mol. The van der Waals surface area contributed by atoms with Gasteiger partial charge in [-0.3, -0.25) is 0 Å². The topological polar surface area (TPSA) is 35.2 Å². The third kappa shape index (κ3) is 4.98. The lowest BCUT2D eigenvalue weighted by atomic mass is 9.94. The van der Waals surface area contributed by atoms with Gasteiger partial charge in [0.1, 0.15) is 0 Å². The van der Waals surface area contributed by atoms with Gasteiger partial charge >= 0.3 is 0 Å². The van der Waals surface area contributed by atoms with E-state index in [-0.39, 0.29) is 5.54 Å². The molecule has 0 amide bonds. The van der Waals surface area contributed by atoms with E-state index in [2.05, 4.69) is 20.8 Å². The third-order valence-corrected chi connectivity index (χ3v) is 3.47. The Balaban J connectivity index is 2.04. The molecule has 0 saturated heterocycles. The molecule has 0 aromatic rings. The molecule has 0 aliphatic heterocycles. The minimum Gasteiger partial charge on any atom is -0.381 e. The Kier molecular flexibility index (Phi) is 5.07. The number of rotatable bonds is 6. The van der Waals surface area contributed by atoms with E-state index in [0.717, 1.165) is 37.9 Å². The summed E-state index contributed by atoms with van der Waals surface area (Å²) in [6, 6.07) is 0. The molecule has 0 radical (unpaired) electrons. The standard InChI is InChI=1S/C13H27NO/c1-11(2)5-8-15-9-7-13(14)6-4-12(3)10-13/h11-12H,4-10,14H2,1-3H3. The Hall–Kier alpha value is -0.0800. The van der Waals surface area contributed by atoms with Crippen LogP contribution in [-0.4, -0.2) is 18.8 Å². The summed E-state index contributed by atoms with van der Waals surface area (Å²) < 4.78 is 5.63. The van der Waals surface area contributed by atoms with E-state index in [1.165, 1.54) is 19.3 Å². The first-order valence-corrected chi connectivity index (χ1v) is 6.38. The van der Waals surface area contributed by atoms with Crippen LogP contribution in [0.1, 0.15) is 52.9 Å². The van der Waals surface area contributed by atoms with Crippen LogP contribution < -0.4 is 5.73 Å². The van der Waals surface area contributed by atoms with Gasteiger partial charge in [-0.1, -0.05) is 20.8 Å². The van der Waals surface area contributed by atoms with E-state index >= 15 is 0 Å². The van der Waals surface area contributed by atoms with Crippen molar-refractivity contribution in [3.63, 3.8) is 0 Å². The Morgan fingerprint density at radius 2 is 2.13 bits per heavy atom. The van der Waals surface area contributed by atoms with Gasteiger partial charge in [-0.2, -0.15) is 0 Å². The van der Waals surface area contributed by atoms with Crippen LogP contribution in [0.15, 0.2) is 0 Å². The minimum absolute atomic E-state index is 0.0806. The van der Waals surface area contributed by atoms with Crippen LogP contribution >= 0.6 is 0 Å². The summed E-state index contributed by atoms with van der Waals surface area (Å²) in [5.74, 6) is 1.55. The summed E-state index contributed by atoms with van der Waals surface area (Å²) in [7, 11) is 0. The van der Waals surface area contributed by atoms with Gasteiger partial charge in [0.15, 0.2) is 0 Å². The summed E-state index contributed by atoms with van der Waals surface area (Å²) >= 11 is 0. The van der Waals surface area contributed by atoms with Gasteiger partial charge in [-0.05, 0) is 43.9 Å². The quantitative estimate of drug-likeness (QED) is 0.688. The molecule has 1 fully saturated rings. The molecule has 2 nitrogen and oxygen atoms in total. The van der Waals surface area contributed by atoms with Crippen molar-refractivity contribution in [3.8, 4) is 0 Å². The Morgan fingerprint density at radius 1 is 1.40 bits per heavy atom. The lowest BCUT2D eigenvalue weighted by molar-refractivity contribution is 0.105. The van der Waals surface area contributed by atoms with Crippen molar-refractivity contribution in [2.45, 2.75) is 58.4 Å². The van der Waals surface area contributed by atoms with Crippen molar-refractivity contribution in [2.75, 3.05) is 13.2 Å². The molecule has 0 bridgehead atoms. The van der Waals surface area contributed by atoms with Crippen LogP contribution in [0, 0.1) is 11.8 Å². The SMILES string of the molecule is CC(C)CCOCCC1(N)CCC(C)C1. The second-order valence-electron chi connectivity index (χ2n) is 5.76. The predicted octanol–water partition coefficient (Wildman–Crippen LogP) is 2.96. The zero-order chi connectivity index (χ0) is 11.3. The summed E-state index contributed by atoms with van der Waals surface area (Å²) in [5.41, 5.74) is 6.39. The minimum atomic E-state index is 0.0806. The van der Waals surface area contributed by atoms with Gasteiger partial charge in [-0.15, -0.1) is 0 Å². The molecule has 2 atom stereocenters. The molecule has 2 unspecified atom stereocenters. The smallest absolute Gasteiger partial charge is 0.0483 e. The van der Waals surface area contributed by atoms with E-state index < -0.39 is 0 Å². The highest BCUT2D eigenvalue weighted by molar-refractivity contribution is 4.91. The van der Waals surface area contributed by atoms with E-state index in [9.17, 15) is 0 Å². The van der Waals surface area contributed by atoms with Crippen LogP contribution in [0.5, 0.6) is 0 Å². The van der Waals surface area contributed by atoms with E-state index in [0.29, 0.717) is 0 Å². The molecule has 0 heterocycles. The zero-order valence-electron chi connectivity index (χ0n) is 10.6. The molecular formula is C13H27NO. The average Bonchev–Trinajstić information content (AvgIpc) is 2.45. The van der Waals surface area contributed by atoms with Gasteiger partial charge in [0.2, 0.25) is 0 Å². The van der Waals surface area contributed by atoms with Gasteiger partial charge in [0.05, 0.1) is 0 Å². The number of hydrogen-bond acceptors (Lipinski definition) is 2. The maximum atomic E-state index is 6.31. The fourth-order valence-corrected chi connectivity index (χ4v) is 2.36. The monoisotopic (exact) mass is 213 g/mol. The fourth-order valence-electron chi connectivity index (χ4n) is 2.36. The first-order chi connectivity index (χ1) is 7.02. The molecule has 1 saturated carbocycles. The number of nitrogens with two attached hydrogens (primary N) is 1. The van der Waals surface area contributed by atoms with Crippen molar-refractivity contribution in [1.29, 1.82) is 0 Å². The maximum absolute atomic E-state index is 6.31. The van der Waals surface area contributed by atoms with Crippen LogP contribution in [-0.2, 0) is 4.74 Å². The van der Waals surface area contributed by atoms with Crippen LogP contribution in [0.2, 0.25) is 0 Å². The second-order valence-corrected chi connectivity index (χ2v) is 5.76. The van der Waals surface area contributed by atoms with Crippen molar-refractivity contribution in [1.82, 2.24) is 0 Å². The fraction of sp³-hybridized carbons (Fsp3) is 1.00. The van der Waals surface area contributed by atoms with E-state index in [1.54, 1.807) is 0 Å². The molecule has 0 aromatic carbocycles. The molecule has 0 aromatic heterocycles. The normalized spacial score (nSPS) is 31.4. The molecular weight excluding hydrogens is 186 g/mol. The molecule has 1 rings (SSSR count). The Bertz CT molecular complexity index is 181. The summed E-state index contributed by atoms with van der Waals surface area (Å²) in [6.07, 6.45) is 5.86. The third-order valence-electron chi connectivity index (χ3n) is 3.47. The first kappa shape index (κ1) is 13.0. The number of hydrogen-bond donors (Lipinski definition) is 1. The van der Waals surface area contributed by atoms with Gasteiger partial charge in [-0.25, -0.2) is 0 Å². The molecule has 2 heteroatoms. The average molecular weight is 213 g/mol. The van der Waals surface area contributed by atoms with Crippen molar-refractivity contribution >= 4 is 0 Å². The zero-order valence-corrected chi connectivity index (χ0v) is 10.6. The summed E-state index contributed by atoms with van der Waals surface area (Å²) in [5, 5.41) is 0. The highest BCUT2D eigenvalue weighted by atomic mass is 16.5. The van der Waals surface area contributed by atoms with Gasteiger partial charge in [0.25, 0.3) is 0 Å². The Labute approximate surface area is 94.6 Å². The van der Waals surface area contributed by atoms with Crippen LogP contribution in [0.4, 0.5) is 0 Å². The molecule has 1 aliphatic carbocycles. The van der Waals surface area contributed by atoms with E-state index in [1.807, 2.05) is 0 Å². The maximum Gasteiger partial charge on any atom is 0.0483 e. The lowest BCUT2D eigenvalue weighted by Gasteiger charge is -2.23. The van der Waals surface area contributed by atoms with Crippen molar-refractivity contribution in [2.24, 2.45) is 17.6 Å². The van der Waals surface area contributed by atoms with Gasteiger partial charge < -0.3 is 10.5 Å². The first-order valence-electron chi connectivity index (χ1n) is 6.38. The van der Waals surface area contributed by atoms with Gasteiger partial charge in [0, 0.05) is 18.8 Å². The highest BCUT2D eigenvalue weighted by Crippen LogP contribution is 2.34.